The highest BCUT2D eigenvalue weighted by molar-refractivity contribution is 5.98. The van der Waals surface area contributed by atoms with Gasteiger partial charge < -0.3 is 9.64 Å². The van der Waals surface area contributed by atoms with E-state index in [4.69, 9.17) is 4.74 Å². The van der Waals surface area contributed by atoms with Gasteiger partial charge in [0.1, 0.15) is 11.5 Å². The summed E-state index contributed by atoms with van der Waals surface area (Å²) in [5, 5.41) is 0. The first kappa shape index (κ1) is 13.6. The van der Waals surface area contributed by atoms with Crippen LogP contribution in [0.5, 0.6) is 5.75 Å². The lowest BCUT2D eigenvalue weighted by Gasteiger charge is -2.27. The number of hydrogen-bond acceptors (Lipinski definition) is 3. The lowest BCUT2D eigenvalue weighted by atomic mass is 10.0. The number of likely N-dealkylation sites (tertiary alicyclic amines) is 1. The van der Waals surface area contributed by atoms with Crippen LogP contribution in [0, 0.1) is 13.8 Å². The molecule has 0 spiro atoms. The molecule has 1 aromatic rings. The van der Waals surface area contributed by atoms with E-state index in [-0.39, 0.29) is 11.7 Å². The molecule has 19 heavy (non-hydrogen) atoms. The minimum absolute atomic E-state index is 0.0452. The largest absolute Gasteiger partial charge is 0.496 e. The van der Waals surface area contributed by atoms with Crippen LogP contribution in [0.4, 0.5) is 0 Å². The first-order chi connectivity index (χ1) is 9.02. The van der Waals surface area contributed by atoms with E-state index in [0.717, 1.165) is 11.1 Å². The number of piperidine rings is 1. The van der Waals surface area contributed by atoms with E-state index in [1.54, 1.807) is 12.0 Å². The number of carbonyl (C=O) groups excluding carboxylic acids is 2. The summed E-state index contributed by atoms with van der Waals surface area (Å²) in [7, 11) is 1.58. The van der Waals surface area contributed by atoms with Gasteiger partial charge in [-0.1, -0.05) is 6.07 Å². The first-order valence-corrected chi connectivity index (χ1v) is 6.49. The van der Waals surface area contributed by atoms with Crippen molar-refractivity contribution in [1.29, 1.82) is 0 Å². The van der Waals surface area contributed by atoms with Crippen molar-refractivity contribution in [2.75, 3.05) is 20.2 Å². The maximum atomic E-state index is 12.5. The van der Waals surface area contributed by atoms with Crippen molar-refractivity contribution >= 4 is 11.7 Å². The third-order valence-corrected chi connectivity index (χ3v) is 3.46. The lowest BCUT2D eigenvalue weighted by Crippen LogP contribution is -2.38. The smallest absolute Gasteiger partial charge is 0.257 e. The Morgan fingerprint density at radius 2 is 1.84 bits per heavy atom. The molecule has 0 aromatic heterocycles. The third-order valence-electron chi connectivity index (χ3n) is 3.46. The third kappa shape index (κ3) is 2.78. The van der Waals surface area contributed by atoms with Gasteiger partial charge in [0.05, 0.1) is 12.7 Å². The highest BCUT2D eigenvalue weighted by atomic mass is 16.5. The van der Waals surface area contributed by atoms with Crippen molar-refractivity contribution in [1.82, 2.24) is 4.90 Å². The van der Waals surface area contributed by atoms with E-state index in [1.165, 1.54) is 0 Å². The predicted molar refractivity (Wildman–Crippen MR) is 72.6 cm³/mol. The Bertz CT molecular complexity index is 512. The van der Waals surface area contributed by atoms with Gasteiger partial charge in [-0.2, -0.15) is 0 Å². The number of carbonyl (C=O) groups is 2. The molecule has 1 aliphatic rings. The van der Waals surface area contributed by atoms with Crippen LogP contribution in [0.15, 0.2) is 12.1 Å². The number of methoxy groups -OCH3 is 1. The van der Waals surface area contributed by atoms with Crippen LogP contribution in [0.2, 0.25) is 0 Å². The number of rotatable bonds is 2. The van der Waals surface area contributed by atoms with Crippen molar-refractivity contribution in [2.45, 2.75) is 26.7 Å². The summed E-state index contributed by atoms with van der Waals surface area (Å²) in [5.41, 5.74) is 2.59. The second-order valence-electron chi connectivity index (χ2n) is 4.99. The van der Waals surface area contributed by atoms with E-state index in [1.807, 2.05) is 26.0 Å². The number of Topliss-reactive ketones (excluding diaryl/α,β-unsaturated/α-hetero) is 1. The van der Waals surface area contributed by atoms with Crippen LogP contribution in [-0.4, -0.2) is 36.8 Å². The van der Waals surface area contributed by atoms with E-state index < -0.39 is 0 Å². The first-order valence-electron chi connectivity index (χ1n) is 6.49. The van der Waals surface area contributed by atoms with Crippen LogP contribution in [0.25, 0.3) is 0 Å². The number of amides is 1. The highest BCUT2D eigenvalue weighted by Gasteiger charge is 2.24. The molecule has 1 heterocycles. The summed E-state index contributed by atoms with van der Waals surface area (Å²) in [4.78, 5) is 25.5. The molecule has 0 atom stereocenters. The molecule has 2 rings (SSSR count). The normalized spacial score (nSPS) is 15.5. The van der Waals surface area contributed by atoms with Crippen molar-refractivity contribution in [3.8, 4) is 5.75 Å². The second-order valence-corrected chi connectivity index (χ2v) is 4.99. The van der Waals surface area contributed by atoms with Gasteiger partial charge in [0, 0.05) is 25.9 Å². The molecule has 4 heteroatoms. The Kier molecular flexibility index (Phi) is 3.88. The zero-order valence-corrected chi connectivity index (χ0v) is 11.7. The number of benzene rings is 1. The maximum absolute atomic E-state index is 12.5. The molecular weight excluding hydrogens is 242 g/mol. The van der Waals surface area contributed by atoms with Crippen molar-refractivity contribution < 1.29 is 14.3 Å². The van der Waals surface area contributed by atoms with Gasteiger partial charge in [-0.15, -0.1) is 0 Å². The predicted octanol–water partition coefficient (Wildman–Crippen LogP) is 2.12. The quantitative estimate of drug-likeness (QED) is 0.819. The zero-order valence-electron chi connectivity index (χ0n) is 11.7. The van der Waals surface area contributed by atoms with Crippen LogP contribution < -0.4 is 4.74 Å². The molecule has 1 fully saturated rings. The van der Waals surface area contributed by atoms with Crippen molar-refractivity contribution in [3.05, 3.63) is 28.8 Å². The van der Waals surface area contributed by atoms with Crippen LogP contribution >= 0.6 is 0 Å². The maximum Gasteiger partial charge on any atom is 0.257 e. The highest BCUT2D eigenvalue weighted by Crippen LogP contribution is 2.27. The average molecular weight is 261 g/mol. The molecule has 0 radical (unpaired) electrons. The van der Waals surface area contributed by atoms with E-state index >= 15 is 0 Å². The van der Waals surface area contributed by atoms with Crippen LogP contribution in [0.1, 0.15) is 34.3 Å². The summed E-state index contributed by atoms with van der Waals surface area (Å²) in [5.74, 6) is 0.820. The van der Waals surface area contributed by atoms with E-state index in [0.29, 0.717) is 37.2 Å². The fourth-order valence-electron chi connectivity index (χ4n) is 2.51. The second kappa shape index (κ2) is 5.43. The standard InChI is InChI=1S/C15H19NO3/c1-10-8-11(2)14(19-3)13(9-10)15(18)16-6-4-12(17)5-7-16/h8-9H,4-7H2,1-3H3. The van der Waals surface area contributed by atoms with Gasteiger partial charge in [-0.25, -0.2) is 0 Å². The topological polar surface area (TPSA) is 46.6 Å². The zero-order chi connectivity index (χ0) is 14.0. The Morgan fingerprint density at radius 1 is 1.21 bits per heavy atom. The molecule has 1 saturated heterocycles. The summed E-state index contributed by atoms with van der Waals surface area (Å²) in [6, 6.07) is 3.85. The van der Waals surface area contributed by atoms with Gasteiger partial charge in [0.15, 0.2) is 0 Å². The molecule has 0 saturated carbocycles. The SMILES string of the molecule is COc1c(C)cc(C)cc1C(=O)N1CCC(=O)CC1. The minimum atomic E-state index is -0.0452. The fourth-order valence-corrected chi connectivity index (χ4v) is 2.51. The van der Waals surface area contributed by atoms with Gasteiger partial charge >= 0.3 is 0 Å². The molecule has 4 nitrogen and oxygen atoms in total. The number of ketones is 1. The molecule has 1 aliphatic heterocycles. The average Bonchev–Trinajstić information content (AvgIpc) is 2.38. The molecule has 102 valence electrons. The van der Waals surface area contributed by atoms with Crippen LogP contribution in [0.3, 0.4) is 0 Å². The molecule has 0 unspecified atom stereocenters. The summed E-state index contributed by atoms with van der Waals surface area (Å²) in [6.45, 7) is 4.91. The number of hydrogen-bond donors (Lipinski definition) is 0. The van der Waals surface area contributed by atoms with Crippen molar-refractivity contribution in [2.24, 2.45) is 0 Å². The Labute approximate surface area is 113 Å². The fraction of sp³-hybridized carbons (Fsp3) is 0.467. The summed E-state index contributed by atoms with van der Waals surface area (Å²) >= 11 is 0. The molecule has 0 aliphatic carbocycles. The molecular formula is C15H19NO3. The van der Waals surface area contributed by atoms with Gasteiger partial charge in [0.25, 0.3) is 5.91 Å². The molecule has 0 N–H and O–H groups in total. The van der Waals surface area contributed by atoms with E-state index in [9.17, 15) is 9.59 Å². The number of aryl methyl sites for hydroxylation is 2. The Morgan fingerprint density at radius 3 is 2.42 bits per heavy atom. The summed E-state index contributed by atoms with van der Waals surface area (Å²) < 4.78 is 5.35. The minimum Gasteiger partial charge on any atom is -0.496 e. The van der Waals surface area contributed by atoms with Gasteiger partial charge in [-0.05, 0) is 31.0 Å². The molecule has 1 aromatic carbocycles. The Balaban J connectivity index is 2.30. The van der Waals surface area contributed by atoms with Crippen LogP contribution in [-0.2, 0) is 4.79 Å². The van der Waals surface area contributed by atoms with Gasteiger partial charge in [-0.3, -0.25) is 9.59 Å². The Hall–Kier alpha value is -1.84. The molecule has 0 bridgehead atoms. The number of nitrogens with zero attached hydrogens (tertiary/aromatic N) is 1. The monoisotopic (exact) mass is 261 g/mol. The lowest BCUT2D eigenvalue weighted by molar-refractivity contribution is -0.120. The van der Waals surface area contributed by atoms with Gasteiger partial charge in [0.2, 0.25) is 0 Å². The van der Waals surface area contributed by atoms with E-state index in [2.05, 4.69) is 0 Å². The van der Waals surface area contributed by atoms with Crippen molar-refractivity contribution in [3.63, 3.8) is 0 Å². The summed E-state index contributed by atoms with van der Waals surface area (Å²) in [6.07, 6.45) is 0.914. The number of ether oxygens (including phenoxy) is 1. The molecule has 1 amide bonds.